The first-order valence-corrected chi connectivity index (χ1v) is 8.86. The molecule has 2 N–H and O–H groups in total. The fourth-order valence-electron chi connectivity index (χ4n) is 2.60. The van der Waals surface area contributed by atoms with Gasteiger partial charge in [-0.3, -0.25) is 4.79 Å². The standard InChI is InChI=1S/C19H16N4O2S/c1-25-18-9-6-12(10-20-18)15-7-8-16(26-15)19(24)21-11-17-22-13-4-2-3-5-14(13)23-17/h2-10H,11H2,1H3,(H,21,24)(H,22,23). The van der Waals surface area contributed by atoms with Gasteiger partial charge in [0.2, 0.25) is 5.88 Å². The number of nitrogens with zero attached hydrogens (tertiary/aromatic N) is 2. The molecular formula is C19H16N4O2S. The fourth-order valence-corrected chi connectivity index (χ4v) is 3.51. The van der Waals surface area contributed by atoms with Crippen LogP contribution in [0, 0.1) is 0 Å². The van der Waals surface area contributed by atoms with E-state index in [1.54, 1.807) is 19.4 Å². The average molecular weight is 364 g/mol. The van der Waals surface area contributed by atoms with E-state index in [4.69, 9.17) is 4.74 Å². The summed E-state index contributed by atoms with van der Waals surface area (Å²) in [5, 5.41) is 2.90. The minimum Gasteiger partial charge on any atom is -0.481 e. The molecule has 0 bridgehead atoms. The van der Waals surface area contributed by atoms with Gasteiger partial charge in [-0.15, -0.1) is 11.3 Å². The lowest BCUT2D eigenvalue weighted by atomic mass is 10.2. The van der Waals surface area contributed by atoms with Crippen molar-refractivity contribution in [1.29, 1.82) is 0 Å². The van der Waals surface area contributed by atoms with E-state index >= 15 is 0 Å². The summed E-state index contributed by atoms with van der Waals surface area (Å²) in [4.78, 5) is 25.9. The van der Waals surface area contributed by atoms with Crippen LogP contribution in [0.15, 0.2) is 54.7 Å². The number of hydrogen-bond donors (Lipinski definition) is 2. The van der Waals surface area contributed by atoms with Crippen molar-refractivity contribution in [2.75, 3.05) is 7.11 Å². The van der Waals surface area contributed by atoms with E-state index in [0.717, 1.165) is 27.3 Å². The molecule has 1 amide bonds. The van der Waals surface area contributed by atoms with E-state index in [2.05, 4.69) is 20.3 Å². The lowest BCUT2D eigenvalue weighted by Gasteiger charge is -2.01. The fraction of sp³-hybridized carbons (Fsp3) is 0.105. The van der Waals surface area contributed by atoms with Crippen LogP contribution in [0.25, 0.3) is 21.5 Å². The van der Waals surface area contributed by atoms with Gasteiger partial charge >= 0.3 is 0 Å². The van der Waals surface area contributed by atoms with Crippen molar-refractivity contribution in [2.45, 2.75) is 6.54 Å². The van der Waals surface area contributed by atoms with Crippen LogP contribution in [-0.4, -0.2) is 28.0 Å². The lowest BCUT2D eigenvalue weighted by Crippen LogP contribution is -2.22. The molecule has 0 fully saturated rings. The third kappa shape index (κ3) is 3.29. The number of fused-ring (bicyclic) bond motifs is 1. The molecule has 6 nitrogen and oxygen atoms in total. The van der Waals surface area contributed by atoms with Gasteiger partial charge in [-0.2, -0.15) is 0 Å². The number of methoxy groups -OCH3 is 1. The number of carbonyl (C=O) groups excluding carboxylic acids is 1. The van der Waals surface area contributed by atoms with Crippen LogP contribution in [0.5, 0.6) is 5.88 Å². The van der Waals surface area contributed by atoms with Crippen LogP contribution in [0.1, 0.15) is 15.5 Å². The van der Waals surface area contributed by atoms with Crippen molar-refractivity contribution in [3.63, 3.8) is 0 Å². The molecule has 0 atom stereocenters. The van der Waals surface area contributed by atoms with E-state index in [1.165, 1.54) is 11.3 Å². The zero-order valence-corrected chi connectivity index (χ0v) is 14.8. The first kappa shape index (κ1) is 16.3. The summed E-state index contributed by atoms with van der Waals surface area (Å²) in [7, 11) is 1.58. The monoisotopic (exact) mass is 364 g/mol. The first-order chi connectivity index (χ1) is 12.7. The number of thiophene rings is 1. The number of ether oxygens (including phenoxy) is 1. The average Bonchev–Trinajstić information content (AvgIpc) is 3.33. The summed E-state index contributed by atoms with van der Waals surface area (Å²) in [6.45, 7) is 0.352. The Labute approximate surface area is 153 Å². The lowest BCUT2D eigenvalue weighted by molar-refractivity contribution is 0.0954. The van der Waals surface area contributed by atoms with E-state index < -0.39 is 0 Å². The van der Waals surface area contributed by atoms with Gasteiger partial charge < -0.3 is 15.0 Å². The predicted molar refractivity (Wildman–Crippen MR) is 101 cm³/mol. The zero-order valence-electron chi connectivity index (χ0n) is 14.0. The number of amides is 1. The maximum absolute atomic E-state index is 12.4. The van der Waals surface area contributed by atoms with Crippen molar-refractivity contribution < 1.29 is 9.53 Å². The second-order valence-corrected chi connectivity index (χ2v) is 6.72. The number of para-hydroxylation sites is 2. The largest absolute Gasteiger partial charge is 0.481 e. The number of pyridine rings is 1. The molecule has 130 valence electrons. The van der Waals surface area contributed by atoms with Crippen LogP contribution in [0.2, 0.25) is 0 Å². The molecule has 3 heterocycles. The molecule has 0 aliphatic heterocycles. The third-order valence-corrected chi connectivity index (χ3v) is 5.05. The second kappa shape index (κ2) is 6.97. The summed E-state index contributed by atoms with van der Waals surface area (Å²) in [6, 6.07) is 15.2. The Hall–Kier alpha value is -3.19. The molecule has 4 aromatic rings. The summed E-state index contributed by atoms with van der Waals surface area (Å²) in [6.07, 6.45) is 1.74. The van der Waals surface area contributed by atoms with Crippen molar-refractivity contribution in [2.24, 2.45) is 0 Å². The predicted octanol–water partition coefficient (Wildman–Crippen LogP) is 3.63. The molecule has 0 aliphatic rings. The van der Waals surface area contributed by atoms with E-state index in [9.17, 15) is 4.79 Å². The van der Waals surface area contributed by atoms with Gasteiger partial charge in [0.05, 0.1) is 29.6 Å². The number of H-pyrrole nitrogens is 1. The highest BCUT2D eigenvalue weighted by Gasteiger charge is 2.11. The summed E-state index contributed by atoms with van der Waals surface area (Å²) >= 11 is 1.42. The number of benzene rings is 1. The Morgan fingerprint density at radius 3 is 2.85 bits per heavy atom. The molecule has 0 unspecified atom stereocenters. The molecule has 4 rings (SSSR count). The van der Waals surface area contributed by atoms with E-state index in [0.29, 0.717) is 17.3 Å². The van der Waals surface area contributed by atoms with Crippen molar-refractivity contribution in [3.05, 3.63) is 65.4 Å². The Bertz CT molecular complexity index is 1020. The number of imidazole rings is 1. The SMILES string of the molecule is COc1ccc(-c2ccc(C(=O)NCc3nc4ccccc4[nH]3)s2)cn1. The van der Waals surface area contributed by atoms with Gasteiger partial charge in [-0.05, 0) is 30.3 Å². The molecule has 0 saturated carbocycles. The Morgan fingerprint density at radius 1 is 1.19 bits per heavy atom. The smallest absolute Gasteiger partial charge is 0.261 e. The number of aromatic amines is 1. The van der Waals surface area contributed by atoms with Crippen molar-refractivity contribution in [1.82, 2.24) is 20.3 Å². The third-order valence-electron chi connectivity index (χ3n) is 3.91. The molecule has 0 aliphatic carbocycles. The normalized spacial score (nSPS) is 10.8. The maximum Gasteiger partial charge on any atom is 0.261 e. The minimum atomic E-state index is -0.122. The molecular weight excluding hydrogens is 348 g/mol. The molecule has 7 heteroatoms. The number of carbonyl (C=O) groups is 1. The molecule has 0 radical (unpaired) electrons. The quantitative estimate of drug-likeness (QED) is 0.567. The highest BCUT2D eigenvalue weighted by Crippen LogP contribution is 2.28. The minimum absolute atomic E-state index is 0.122. The summed E-state index contributed by atoms with van der Waals surface area (Å²) in [5.41, 5.74) is 2.80. The van der Waals surface area contributed by atoms with E-state index in [1.807, 2.05) is 42.5 Å². The molecule has 26 heavy (non-hydrogen) atoms. The van der Waals surface area contributed by atoms with Gasteiger partial charge in [0, 0.05) is 22.7 Å². The van der Waals surface area contributed by atoms with Crippen molar-refractivity contribution in [3.8, 4) is 16.3 Å². The number of hydrogen-bond acceptors (Lipinski definition) is 5. The van der Waals surface area contributed by atoms with Crippen LogP contribution in [0.3, 0.4) is 0 Å². The van der Waals surface area contributed by atoms with Crippen molar-refractivity contribution >= 4 is 28.3 Å². The van der Waals surface area contributed by atoms with Gasteiger partial charge in [0.25, 0.3) is 5.91 Å². The van der Waals surface area contributed by atoms with Crippen LogP contribution >= 0.6 is 11.3 Å². The first-order valence-electron chi connectivity index (χ1n) is 8.05. The Balaban J connectivity index is 1.44. The number of rotatable bonds is 5. The zero-order chi connectivity index (χ0) is 17.9. The molecule has 3 aromatic heterocycles. The van der Waals surface area contributed by atoms with Crippen LogP contribution in [-0.2, 0) is 6.54 Å². The van der Waals surface area contributed by atoms with Crippen LogP contribution in [0.4, 0.5) is 0 Å². The van der Waals surface area contributed by atoms with Gasteiger partial charge in [-0.25, -0.2) is 9.97 Å². The molecule has 0 spiro atoms. The Kier molecular flexibility index (Phi) is 4.37. The van der Waals surface area contributed by atoms with Gasteiger partial charge in [0.15, 0.2) is 0 Å². The highest BCUT2D eigenvalue weighted by molar-refractivity contribution is 7.17. The second-order valence-electron chi connectivity index (χ2n) is 5.64. The van der Waals surface area contributed by atoms with Gasteiger partial charge in [0.1, 0.15) is 5.82 Å². The summed E-state index contributed by atoms with van der Waals surface area (Å²) < 4.78 is 5.06. The topological polar surface area (TPSA) is 79.9 Å². The Morgan fingerprint density at radius 2 is 2.08 bits per heavy atom. The number of nitrogens with one attached hydrogen (secondary N) is 2. The maximum atomic E-state index is 12.4. The number of aromatic nitrogens is 3. The van der Waals surface area contributed by atoms with E-state index in [-0.39, 0.29) is 5.91 Å². The summed E-state index contributed by atoms with van der Waals surface area (Å²) in [5.74, 6) is 1.17. The van der Waals surface area contributed by atoms with Crippen LogP contribution < -0.4 is 10.1 Å². The molecule has 1 aromatic carbocycles. The molecule has 0 saturated heterocycles. The highest BCUT2D eigenvalue weighted by atomic mass is 32.1. The van der Waals surface area contributed by atoms with Gasteiger partial charge in [-0.1, -0.05) is 12.1 Å².